The summed E-state index contributed by atoms with van der Waals surface area (Å²) in [6, 6.07) is 9.12. The van der Waals surface area contributed by atoms with Gasteiger partial charge in [-0.3, -0.25) is 0 Å². The van der Waals surface area contributed by atoms with Gasteiger partial charge in [0, 0.05) is 34.8 Å². The van der Waals surface area contributed by atoms with Gasteiger partial charge in [0.05, 0.1) is 19.3 Å². The highest BCUT2D eigenvalue weighted by atomic mass is 19.4. The van der Waals surface area contributed by atoms with Gasteiger partial charge in [-0.05, 0) is 78.5 Å². The molecular weight excluding hydrogens is 589 g/mol. The number of nitriles is 1. The molecule has 5 rings (SSSR count). The van der Waals surface area contributed by atoms with E-state index in [0.717, 1.165) is 22.3 Å². The van der Waals surface area contributed by atoms with Crippen LogP contribution in [-0.4, -0.2) is 42.3 Å². The summed E-state index contributed by atoms with van der Waals surface area (Å²) in [5.41, 5.74) is 2.90. The van der Waals surface area contributed by atoms with Crippen LogP contribution in [0.2, 0.25) is 0 Å². The van der Waals surface area contributed by atoms with E-state index in [9.17, 15) is 27.1 Å². The summed E-state index contributed by atoms with van der Waals surface area (Å²) in [7, 11) is 0. The van der Waals surface area contributed by atoms with Crippen LogP contribution in [-0.2, 0) is 9.47 Å². The number of benzene rings is 1. The van der Waals surface area contributed by atoms with Crippen molar-refractivity contribution in [3.63, 3.8) is 0 Å². The van der Waals surface area contributed by atoms with Crippen molar-refractivity contribution in [1.82, 2.24) is 0 Å². The van der Waals surface area contributed by atoms with Crippen molar-refractivity contribution < 1.29 is 36.5 Å². The first-order valence-corrected chi connectivity index (χ1v) is 15.6. The van der Waals surface area contributed by atoms with E-state index < -0.39 is 41.2 Å². The lowest BCUT2D eigenvalue weighted by Gasteiger charge is -2.56. The van der Waals surface area contributed by atoms with E-state index >= 15 is 0 Å². The zero-order chi connectivity index (χ0) is 32.8. The van der Waals surface area contributed by atoms with Gasteiger partial charge in [-0.2, -0.15) is 27.2 Å². The largest absolute Gasteiger partial charge is 0.456 e. The zero-order valence-corrected chi connectivity index (χ0v) is 26.1. The Morgan fingerprint density at radius 2 is 1.71 bits per heavy atom. The number of alkyl halides is 5. The van der Waals surface area contributed by atoms with E-state index in [1.54, 1.807) is 12.1 Å². The maximum atomic E-state index is 14.9. The Morgan fingerprint density at radius 1 is 1.04 bits per heavy atom. The molecule has 1 aromatic carbocycles. The van der Waals surface area contributed by atoms with Crippen molar-refractivity contribution in [3.05, 3.63) is 70.3 Å². The van der Waals surface area contributed by atoms with E-state index in [2.05, 4.69) is 31.8 Å². The fraction of sp³-hybridized carbons (Fsp3) is 0.583. The summed E-state index contributed by atoms with van der Waals surface area (Å²) < 4.78 is 83.3. The molecule has 242 valence electrons. The molecule has 0 radical (unpaired) electrons. The number of hydrogen-bond acceptors (Lipinski definition) is 4. The van der Waals surface area contributed by atoms with Crippen LogP contribution in [0.25, 0.3) is 0 Å². The molecule has 1 aromatic rings. The molecule has 0 bridgehead atoms. The van der Waals surface area contributed by atoms with Crippen molar-refractivity contribution in [1.29, 1.82) is 5.26 Å². The lowest BCUT2D eigenvalue weighted by Crippen LogP contribution is -2.59. The molecule has 2 fully saturated rings. The number of fused-ring (bicyclic) bond motifs is 2. The molecular formula is C36H40F5NO3. The molecule has 1 aliphatic heterocycles. The van der Waals surface area contributed by atoms with Crippen LogP contribution in [0.15, 0.2) is 59.2 Å². The molecule has 0 aromatic heterocycles. The first-order valence-electron chi connectivity index (χ1n) is 15.6. The molecule has 1 heterocycles. The number of nitrogens with zero attached hydrogens (tertiary/aromatic N) is 1. The van der Waals surface area contributed by atoms with Gasteiger partial charge in [-0.15, -0.1) is 0 Å². The molecule has 1 saturated heterocycles. The van der Waals surface area contributed by atoms with Gasteiger partial charge in [-0.25, -0.2) is 0 Å². The quantitative estimate of drug-likeness (QED) is 0.207. The normalized spacial score (nSPS) is 30.1. The lowest BCUT2D eigenvalue weighted by molar-refractivity contribution is -0.333. The van der Waals surface area contributed by atoms with Gasteiger partial charge in [0.15, 0.2) is 5.79 Å². The summed E-state index contributed by atoms with van der Waals surface area (Å²) >= 11 is 0. The molecule has 1 spiro atoms. The SMILES string of the molecule is CCC1C2CCC3=CC4(CCC3=C2[C@@H](c2ccc(C#C/C=C\C#N)cc2)CC1(C)C(O)C(F)(F)C(F)(F)F)OCC(C)(C)CO4. The Kier molecular flexibility index (Phi) is 8.90. The van der Waals surface area contributed by atoms with E-state index in [0.29, 0.717) is 50.9 Å². The molecule has 0 amide bonds. The van der Waals surface area contributed by atoms with E-state index in [1.807, 2.05) is 25.1 Å². The minimum absolute atomic E-state index is 0.0662. The number of ether oxygens (including phenoxy) is 2. The third kappa shape index (κ3) is 6.12. The highest BCUT2D eigenvalue weighted by Gasteiger charge is 2.69. The third-order valence-electron chi connectivity index (χ3n) is 10.3. The summed E-state index contributed by atoms with van der Waals surface area (Å²) in [5, 5.41) is 19.7. The fourth-order valence-corrected chi connectivity index (χ4v) is 8.06. The monoisotopic (exact) mass is 629 g/mol. The van der Waals surface area contributed by atoms with Crippen molar-refractivity contribution in [2.75, 3.05) is 13.2 Å². The van der Waals surface area contributed by atoms with Crippen LogP contribution in [0.1, 0.15) is 83.3 Å². The van der Waals surface area contributed by atoms with Crippen molar-refractivity contribution in [3.8, 4) is 17.9 Å². The second-order valence-corrected chi connectivity index (χ2v) is 14.0. The topological polar surface area (TPSA) is 62.5 Å². The summed E-state index contributed by atoms with van der Waals surface area (Å²) in [6.07, 6.45) is -1.33. The number of aliphatic hydroxyl groups is 1. The van der Waals surface area contributed by atoms with Crippen molar-refractivity contribution in [2.24, 2.45) is 22.7 Å². The Bertz CT molecular complexity index is 1480. The minimum Gasteiger partial charge on any atom is -0.386 e. The molecule has 45 heavy (non-hydrogen) atoms. The maximum absolute atomic E-state index is 14.9. The Labute approximate surface area is 262 Å². The number of aliphatic hydroxyl groups excluding tert-OH is 1. The third-order valence-corrected chi connectivity index (χ3v) is 10.3. The van der Waals surface area contributed by atoms with Crippen LogP contribution in [0.5, 0.6) is 0 Å². The number of hydrogen-bond donors (Lipinski definition) is 1. The fourth-order valence-electron chi connectivity index (χ4n) is 8.06. The average molecular weight is 630 g/mol. The lowest BCUT2D eigenvalue weighted by atomic mass is 9.50. The van der Waals surface area contributed by atoms with Gasteiger partial charge in [-0.1, -0.05) is 63.7 Å². The summed E-state index contributed by atoms with van der Waals surface area (Å²) in [4.78, 5) is 0. The second kappa shape index (κ2) is 12.0. The molecule has 4 aliphatic rings. The Morgan fingerprint density at radius 3 is 2.31 bits per heavy atom. The van der Waals surface area contributed by atoms with Crippen LogP contribution >= 0.6 is 0 Å². The van der Waals surface area contributed by atoms with Gasteiger partial charge >= 0.3 is 12.1 Å². The van der Waals surface area contributed by atoms with Gasteiger partial charge < -0.3 is 14.6 Å². The number of rotatable bonds is 4. The highest BCUT2D eigenvalue weighted by molar-refractivity contribution is 5.50. The minimum atomic E-state index is -5.88. The first-order chi connectivity index (χ1) is 21.1. The molecule has 5 atom stereocenters. The Hall–Kier alpha value is -2.98. The van der Waals surface area contributed by atoms with Gasteiger partial charge in [0.2, 0.25) is 0 Å². The van der Waals surface area contributed by atoms with Crippen LogP contribution in [0.4, 0.5) is 22.0 Å². The molecule has 1 saturated carbocycles. The first kappa shape index (κ1) is 33.4. The predicted octanol–water partition coefficient (Wildman–Crippen LogP) is 8.39. The van der Waals surface area contributed by atoms with Crippen molar-refractivity contribution in [2.45, 2.75) is 96.1 Å². The predicted molar refractivity (Wildman–Crippen MR) is 160 cm³/mol. The molecule has 9 heteroatoms. The molecule has 1 N–H and O–H groups in total. The molecule has 3 aliphatic carbocycles. The smallest absolute Gasteiger partial charge is 0.386 e. The summed E-state index contributed by atoms with van der Waals surface area (Å²) in [6.45, 7) is 8.49. The molecule has 4 unspecified atom stereocenters. The zero-order valence-electron chi connectivity index (χ0n) is 26.1. The molecule has 4 nitrogen and oxygen atoms in total. The maximum Gasteiger partial charge on any atom is 0.456 e. The van der Waals surface area contributed by atoms with Gasteiger partial charge in [0.25, 0.3) is 0 Å². The van der Waals surface area contributed by atoms with E-state index in [1.165, 1.54) is 19.1 Å². The van der Waals surface area contributed by atoms with E-state index in [-0.39, 0.29) is 17.8 Å². The highest BCUT2D eigenvalue weighted by Crippen LogP contribution is 2.63. The Balaban J connectivity index is 1.61. The summed E-state index contributed by atoms with van der Waals surface area (Å²) in [5.74, 6) is -1.72. The van der Waals surface area contributed by atoms with Gasteiger partial charge in [0.1, 0.15) is 6.10 Å². The second-order valence-electron chi connectivity index (χ2n) is 14.0. The average Bonchev–Trinajstić information content (AvgIpc) is 2.99. The van der Waals surface area contributed by atoms with Crippen molar-refractivity contribution >= 4 is 0 Å². The number of halogens is 5. The standard InChI is InChI=1S/C36H40F5NO3/c1-5-29-27-15-14-25-19-34(44-21-32(2,3)22-45-34)17-16-26(25)30(27)28(20-33(29,4)31(43)35(37,38)36(39,40)41)24-12-10-23(11-13-24)9-7-6-8-18-42/h6,8,10-13,19,27-29,31,43H,5,14-17,20-22H2,1-4H3/b8-6-/t27?,28-,29?,31?,33?/m1/s1. The van der Waals surface area contributed by atoms with Crippen LogP contribution in [0, 0.1) is 45.8 Å². The van der Waals surface area contributed by atoms with Crippen LogP contribution < -0.4 is 0 Å². The van der Waals surface area contributed by atoms with E-state index in [4.69, 9.17) is 14.7 Å². The number of allylic oxidation sites excluding steroid dienone is 5. The van der Waals surface area contributed by atoms with Crippen LogP contribution in [0.3, 0.4) is 0 Å².